The molecule has 0 saturated carbocycles. The first kappa shape index (κ1) is 20.6. The summed E-state index contributed by atoms with van der Waals surface area (Å²) in [5.74, 6) is 0.333. The Morgan fingerprint density at radius 3 is 2.68 bits per heavy atom. The number of rotatable bonds is 2. The van der Waals surface area contributed by atoms with Crippen molar-refractivity contribution in [2.75, 3.05) is 29.7 Å². The molecular formula is C22H24ClN3O4S. The summed E-state index contributed by atoms with van der Waals surface area (Å²) in [6.07, 6.45) is 2.43. The molecule has 1 aromatic carbocycles. The fourth-order valence-corrected chi connectivity index (χ4v) is 7.03. The van der Waals surface area contributed by atoms with Gasteiger partial charge in [-0.05, 0) is 49.4 Å². The van der Waals surface area contributed by atoms with Crippen LogP contribution in [0.5, 0.6) is 0 Å². The van der Waals surface area contributed by atoms with Gasteiger partial charge in [0, 0.05) is 43.9 Å². The van der Waals surface area contributed by atoms with Crippen molar-refractivity contribution in [2.45, 2.75) is 31.7 Å². The van der Waals surface area contributed by atoms with Crippen molar-refractivity contribution in [3.05, 3.63) is 63.0 Å². The van der Waals surface area contributed by atoms with Crippen LogP contribution in [0.25, 0.3) is 0 Å². The molecule has 0 spiro atoms. The molecule has 0 aliphatic carbocycles. The van der Waals surface area contributed by atoms with Crippen LogP contribution >= 0.6 is 11.6 Å². The zero-order chi connectivity index (χ0) is 21.8. The number of nitrogens with zero attached hydrogens (tertiary/aromatic N) is 3. The Morgan fingerprint density at radius 2 is 1.90 bits per heavy atom. The maximum Gasteiger partial charge on any atom is 0.255 e. The first-order valence-electron chi connectivity index (χ1n) is 10.6. The second-order valence-corrected chi connectivity index (χ2v) is 11.1. The number of piperidine rings is 1. The number of likely N-dealkylation sites (tertiary alicyclic amines) is 1. The Kier molecular flexibility index (Phi) is 5.09. The summed E-state index contributed by atoms with van der Waals surface area (Å²) in [6, 6.07) is 10.2. The van der Waals surface area contributed by atoms with E-state index in [1.807, 2.05) is 15.5 Å². The second kappa shape index (κ2) is 7.67. The van der Waals surface area contributed by atoms with Crippen molar-refractivity contribution < 1.29 is 13.2 Å². The molecule has 1 amide bonds. The number of aromatic nitrogens is 1. The van der Waals surface area contributed by atoms with E-state index in [-0.39, 0.29) is 34.1 Å². The minimum absolute atomic E-state index is 0.0123. The summed E-state index contributed by atoms with van der Waals surface area (Å²) < 4.78 is 28.0. The van der Waals surface area contributed by atoms with Crippen molar-refractivity contribution in [1.82, 2.24) is 9.47 Å². The molecule has 0 N–H and O–H groups in total. The third-order valence-corrected chi connectivity index (χ3v) is 8.77. The van der Waals surface area contributed by atoms with E-state index in [4.69, 9.17) is 11.6 Å². The van der Waals surface area contributed by atoms with Gasteiger partial charge in [-0.15, -0.1) is 0 Å². The zero-order valence-corrected chi connectivity index (χ0v) is 18.6. The molecule has 2 bridgehead atoms. The highest BCUT2D eigenvalue weighted by atomic mass is 35.5. The predicted molar refractivity (Wildman–Crippen MR) is 119 cm³/mol. The standard InChI is InChI=1S/C22H24ClN3O4S/c23-19-11-17(26-8-1-2-9-31(26,29)30)6-7-18(19)22(28)24-12-15-10-16(14-24)20-4-3-5-21(27)25(20)13-15/h3-7,11,15-16H,1-2,8-10,12-14H2. The van der Waals surface area contributed by atoms with Gasteiger partial charge in [-0.2, -0.15) is 0 Å². The highest BCUT2D eigenvalue weighted by Gasteiger charge is 2.37. The first-order valence-corrected chi connectivity index (χ1v) is 12.6. The van der Waals surface area contributed by atoms with Gasteiger partial charge in [-0.25, -0.2) is 8.42 Å². The Bertz CT molecular complexity index is 1210. The maximum absolute atomic E-state index is 13.3. The zero-order valence-electron chi connectivity index (χ0n) is 17.0. The smallest absolute Gasteiger partial charge is 0.255 e. The molecule has 2 atom stereocenters. The van der Waals surface area contributed by atoms with Crippen LogP contribution in [0, 0.1) is 5.92 Å². The molecule has 2 saturated heterocycles. The fourth-order valence-electron chi connectivity index (χ4n) is 5.14. The average molecular weight is 462 g/mol. The van der Waals surface area contributed by atoms with Gasteiger partial charge in [0.25, 0.3) is 11.5 Å². The molecule has 164 valence electrons. The summed E-state index contributed by atoms with van der Waals surface area (Å²) in [5.41, 5.74) is 1.88. The number of anilines is 1. The van der Waals surface area contributed by atoms with E-state index in [0.717, 1.165) is 18.5 Å². The fraction of sp³-hybridized carbons (Fsp3) is 0.455. The number of benzene rings is 1. The number of sulfonamides is 1. The lowest BCUT2D eigenvalue weighted by Crippen LogP contribution is -2.49. The van der Waals surface area contributed by atoms with Crippen LogP contribution in [0.15, 0.2) is 41.2 Å². The minimum Gasteiger partial charge on any atom is -0.338 e. The molecule has 3 aliphatic heterocycles. The third kappa shape index (κ3) is 3.65. The number of hydrogen-bond donors (Lipinski definition) is 0. The number of fused-ring (bicyclic) bond motifs is 4. The van der Waals surface area contributed by atoms with Gasteiger partial charge in [0.1, 0.15) is 0 Å². The van der Waals surface area contributed by atoms with Gasteiger partial charge < -0.3 is 9.47 Å². The summed E-state index contributed by atoms with van der Waals surface area (Å²) in [6.45, 7) is 2.17. The number of halogens is 1. The molecule has 5 rings (SSSR count). The van der Waals surface area contributed by atoms with Gasteiger partial charge in [0.2, 0.25) is 10.0 Å². The van der Waals surface area contributed by atoms with Crippen molar-refractivity contribution in [3.63, 3.8) is 0 Å². The van der Waals surface area contributed by atoms with Gasteiger partial charge in [0.05, 0.1) is 22.0 Å². The summed E-state index contributed by atoms with van der Waals surface area (Å²) in [4.78, 5) is 27.3. The molecule has 9 heteroatoms. The molecule has 31 heavy (non-hydrogen) atoms. The van der Waals surface area contributed by atoms with Crippen molar-refractivity contribution in [1.29, 1.82) is 0 Å². The van der Waals surface area contributed by atoms with Crippen molar-refractivity contribution >= 4 is 33.2 Å². The number of pyridine rings is 1. The molecule has 7 nitrogen and oxygen atoms in total. The lowest BCUT2D eigenvalue weighted by Gasteiger charge is -2.42. The lowest BCUT2D eigenvalue weighted by molar-refractivity contribution is 0.0595. The monoisotopic (exact) mass is 461 g/mol. The summed E-state index contributed by atoms with van der Waals surface area (Å²) in [5, 5.41) is 0.260. The Balaban J connectivity index is 1.39. The minimum atomic E-state index is -3.34. The van der Waals surface area contributed by atoms with Gasteiger partial charge in [0.15, 0.2) is 0 Å². The molecule has 2 aromatic rings. The molecule has 1 aromatic heterocycles. The highest BCUT2D eigenvalue weighted by Crippen LogP contribution is 2.36. The average Bonchev–Trinajstić information content (AvgIpc) is 2.73. The van der Waals surface area contributed by atoms with Crippen LogP contribution in [0.2, 0.25) is 5.02 Å². The number of hydrogen-bond acceptors (Lipinski definition) is 4. The molecule has 2 fully saturated rings. The quantitative estimate of drug-likeness (QED) is 0.688. The Hall–Kier alpha value is -2.32. The number of carbonyl (C=O) groups excluding carboxylic acids is 1. The maximum atomic E-state index is 13.3. The van der Waals surface area contributed by atoms with E-state index in [1.165, 1.54) is 4.31 Å². The topological polar surface area (TPSA) is 79.7 Å². The van der Waals surface area contributed by atoms with E-state index >= 15 is 0 Å². The van der Waals surface area contributed by atoms with E-state index < -0.39 is 10.0 Å². The van der Waals surface area contributed by atoms with E-state index in [0.29, 0.717) is 43.9 Å². The van der Waals surface area contributed by atoms with Crippen LogP contribution in [-0.4, -0.2) is 49.2 Å². The first-order chi connectivity index (χ1) is 14.8. The van der Waals surface area contributed by atoms with Crippen LogP contribution in [0.1, 0.15) is 41.2 Å². The largest absolute Gasteiger partial charge is 0.338 e. The van der Waals surface area contributed by atoms with E-state index in [2.05, 4.69) is 0 Å². The molecule has 3 aliphatic rings. The second-order valence-electron chi connectivity index (χ2n) is 8.67. The van der Waals surface area contributed by atoms with Crippen LogP contribution in [0.3, 0.4) is 0 Å². The summed E-state index contributed by atoms with van der Waals surface area (Å²) >= 11 is 6.46. The Labute approximate surface area is 186 Å². The number of amides is 1. The van der Waals surface area contributed by atoms with Crippen molar-refractivity contribution in [2.24, 2.45) is 5.92 Å². The van der Waals surface area contributed by atoms with Gasteiger partial charge in [-0.3, -0.25) is 13.9 Å². The van der Waals surface area contributed by atoms with Crippen LogP contribution in [-0.2, 0) is 16.6 Å². The van der Waals surface area contributed by atoms with Crippen LogP contribution < -0.4 is 9.86 Å². The van der Waals surface area contributed by atoms with Crippen molar-refractivity contribution in [3.8, 4) is 0 Å². The SMILES string of the molecule is O=C(c1ccc(N2CCCCS2(=O)=O)cc1Cl)N1CC2CC(C1)c1cccc(=O)n1C2. The molecular weight excluding hydrogens is 438 g/mol. The van der Waals surface area contributed by atoms with E-state index in [1.54, 1.807) is 30.3 Å². The highest BCUT2D eigenvalue weighted by molar-refractivity contribution is 7.92. The van der Waals surface area contributed by atoms with E-state index in [9.17, 15) is 18.0 Å². The van der Waals surface area contributed by atoms with Gasteiger partial charge >= 0.3 is 0 Å². The number of carbonyl (C=O) groups is 1. The molecule has 2 unspecified atom stereocenters. The Morgan fingerprint density at radius 1 is 1.06 bits per heavy atom. The normalized spacial score (nSPS) is 24.5. The lowest BCUT2D eigenvalue weighted by atomic mass is 9.83. The van der Waals surface area contributed by atoms with Gasteiger partial charge in [-0.1, -0.05) is 17.7 Å². The summed E-state index contributed by atoms with van der Waals surface area (Å²) in [7, 11) is -3.34. The predicted octanol–water partition coefficient (Wildman–Crippen LogP) is 2.69. The molecule has 4 heterocycles. The third-order valence-electron chi connectivity index (χ3n) is 6.59. The molecule has 0 radical (unpaired) electrons. The van der Waals surface area contributed by atoms with Crippen LogP contribution in [0.4, 0.5) is 5.69 Å².